The first-order chi connectivity index (χ1) is 14.2. The van der Waals surface area contributed by atoms with Gasteiger partial charge in [-0.1, -0.05) is 13.8 Å². The number of fused-ring (bicyclic) bond motifs is 1. The molecule has 3 N–H and O–H groups in total. The summed E-state index contributed by atoms with van der Waals surface area (Å²) in [6.45, 7) is 16.8. The van der Waals surface area contributed by atoms with Crippen LogP contribution in [0.5, 0.6) is 0 Å². The Morgan fingerprint density at radius 2 is 1.93 bits per heavy atom. The van der Waals surface area contributed by atoms with Crippen molar-refractivity contribution in [2.24, 2.45) is 4.99 Å². The topological polar surface area (TPSA) is 87.2 Å². The van der Waals surface area contributed by atoms with Gasteiger partial charge in [-0.3, -0.25) is 9.89 Å². The molecule has 2 heterocycles. The van der Waals surface area contributed by atoms with Gasteiger partial charge in [-0.05, 0) is 59.9 Å². The molecule has 2 saturated heterocycles. The second kappa shape index (κ2) is 11.2. The number of nitrogens with zero attached hydrogens (tertiary/aromatic N) is 2. The lowest BCUT2D eigenvalue weighted by Crippen LogP contribution is -2.53. The van der Waals surface area contributed by atoms with E-state index in [0.717, 1.165) is 45.0 Å². The molecule has 30 heavy (non-hydrogen) atoms. The summed E-state index contributed by atoms with van der Waals surface area (Å²) in [5, 5.41) is 9.79. The fourth-order valence-corrected chi connectivity index (χ4v) is 4.00. The number of guanidine groups is 1. The summed E-state index contributed by atoms with van der Waals surface area (Å²) in [5.74, 6) is 0.752. The normalized spacial score (nSPS) is 23.1. The minimum Gasteiger partial charge on any atom is -0.444 e. The zero-order valence-corrected chi connectivity index (χ0v) is 19.8. The number of hydrogen-bond donors (Lipinski definition) is 3. The third-order valence-corrected chi connectivity index (χ3v) is 5.96. The first-order valence-electron chi connectivity index (χ1n) is 11.6. The summed E-state index contributed by atoms with van der Waals surface area (Å²) in [7, 11) is 0. The predicted molar refractivity (Wildman–Crippen MR) is 121 cm³/mol. The van der Waals surface area contributed by atoms with Gasteiger partial charge in [0.15, 0.2) is 5.96 Å². The van der Waals surface area contributed by atoms with E-state index in [-0.39, 0.29) is 6.10 Å². The summed E-state index contributed by atoms with van der Waals surface area (Å²) in [6, 6.07) is 0.608. The van der Waals surface area contributed by atoms with Gasteiger partial charge in [0.2, 0.25) is 0 Å². The summed E-state index contributed by atoms with van der Waals surface area (Å²) in [4.78, 5) is 19.7. The molecule has 2 fully saturated rings. The van der Waals surface area contributed by atoms with Gasteiger partial charge in [0, 0.05) is 25.7 Å². The lowest BCUT2D eigenvalue weighted by Gasteiger charge is -2.35. The van der Waals surface area contributed by atoms with Crippen LogP contribution in [0, 0.1) is 0 Å². The van der Waals surface area contributed by atoms with E-state index in [9.17, 15) is 4.79 Å². The highest BCUT2D eigenvalue weighted by atomic mass is 16.6. The van der Waals surface area contributed by atoms with Crippen molar-refractivity contribution in [3.05, 3.63) is 0 Å². The van der Waals surface area contributed by atoms with Crippen LogP contribution in [-0.2, 0) is 9.47 Å². The number of aliphatic imine (C=N–C) groups is 1. The van der Waals surface area contributed by atoms with Crippen LogP contribution in [0.15, 0.2) is 4.99 Å². The highest BCUT2D eigenvalue weighted by Gasteiger charge is 2.33. The summed E-state index contributed by atoms with van der Waals surface area (Å²) >= 11 is 0. The van der Waals surface area contributed by atoms with Crippen molar-refractivity contribution < 1.29 is 14.3 Å². The Morgan fingerprint density at radius 1 is 1.20 bits per heavy atom. The fraction of sp³-hybridized carbons (Fsp3) is 0.909. The number of amides is 1. The largest absolute Gasteiger partial charge is 0.444 e. The molecule has 2 unspecified atom stereocenters. The van der Waals surface area contributed by atoms with Gasteiger partial charge in [-0.25, -0.2) is 4.79 Å². The number of carbonyl (C=O) groups is 1. The lowest BCUT2D eigenvalue weighted by atomic mass is 9.93. The third-order valence-electron chi connectivity index (χ3n) is 5.96. The molecule has 0 radical (unpaired) electrons. The minimum absolute atomic E-state index is 0.171. The van der Waals surface area contributed by atoms with Gasteiger partial charge in [0.25, 0.3) is 0 Å². The van der Waals surface area contributed by atoms with Gasteiger partial charge < -0.3 is 25.4 Å². The van der Waals surface area contributed by atoms with Crippen molar-refractivity contribution in [1.29, 1.82) is 0 Å². The maximum Gasteiger partial charge on any atom is 0.408 e. The van der Waals surface area contributed by atoms with Crippen LogP contribution in [0.25, 0.3) is 0 Å². The van der Waals surface area contributed by atoms with Gasteiger partial charge in [0.05, 0.1) is 24.8 Å². The Hall–Kier alpha value is -1.54. The molecule has 8 heteroatoms. The average molecular weight is 426 g/mol. The number of alkyl carbamates (subject to hydrolysis) is 1. The van der Waals surface area contributed by atoms with E-state index in [0.29, 0.717) is 12.6 Å². The smallest absolute Gasteiger partial charge is 0.408 e. The Morgan fingerprint density at radius 3 is 2.57 bits per heavy atom. The standard InChI is InChI=1S/C22H43N5O3/c1-7-22(8-2,26-20(28)30-21(4,5)6)16-25-19(23-9-3)24-13-18-14-27-12-10-11-17(27)15-29-18/h17-18H,7-16H2,1-6H3,(H,26,28)(H2,23,24,25). The second-order valence-corrected chi connectivity index (χ2v) is 9.44. The van der Waals surface area contributed by atoms with Crippen LogP contribution in [0.3, 0.4) is 0 Å². The Labute approximate surface area is 182 Å². The van der Waals surface area contributed by atoms with E-state index < -0.39 is 17.2 Å². The minimum atomic E-state index is -0.522. The first-order valence-corrected chi connectivity index (χ1v) is 11.6. The molecule has 2 atom stereocenters. The average Bonchev–Trinajstić information content (AvgIpc) is 3.15. The highest BCUT2D eigenvalue weighted by molar-refractivity contribution is 5.80. The molecule has 2 rings (SSSR count). The number of hydrogen-bond acceptors (Lipinski definition) is 5. The van der Waals surface area contributed by atoms with Crippen LogP contribution in [0.4, 0.5) is 4.79 Å². The van der Waals surface area contributed by atoms with E-state index >= 15 is 0 Å². The van der Waals surface area contributed by atoms with Crippen molar-refractivity contribution >= 4 is 12.1 Å². The van der Waals surface area contributed by atoms with Gasteiger partial charge in [0.1, 0.15) is 5.60 Å². The molecule has 8 nitrogen and oxygen atoms in total. The van der Waals surface area contributed by atoms with Crippen molar-refractivity contribution in [3.63, 3.8) is 0 Å². The summed E-state index contributed by atoms with van der Waals surface area (Å²) in [5.41, 5.74) is -0.958. The maximum absolute atomic E-state index is 12.4. The number of ether oxygens (including phenoxy) is 2. The molecule has 0 spiro atoms. The molecule has 0 bridgehead atoms. The van der Waals surface area contributed by atoms with E-state index in [4.69, 9.17) is 14.5 Å². The predicted octanol–water partition coefficient (Wildman–Crippen LogP) is 2.49. The zero-order valence-electron chi connectivity index (χ0n) is 19.8. The summed E-state index contributed by atoms with van der Waals surface area (Å²) < 4.78 is 11.5. The Kier molecular flexibility index (Phi) is 9.22. The molecular weight excluding hydrogens is 382 g/mol. The fourth-order valence-electron chi connectivity index (χ4n) is 4.00. The van der Waals surface area contributed by atoms with Crippen LogP contribution in [0.1, 0.15) is 67.2 Å². The maximum atomic E-state index is 12.4. The van der Waals surface area contributed by atoms with Crippen molar-refractivity contribution in [2.45, 2.75) is 90.5 Å². The molecule has 0 saturated carbocycles. The molecule has 0 aromatic carbocycles. The van der Waals surface area contributed by atoms with Gasteiger partial charge in [-0.15, -0.1) is 0 Å². The van der Waals surface area contributed by atoms with Crippen LogP contribution >= 0.6 is 0 Å². The SMILES string of the molecule is CCNC(=NCC(CC)(CC)NC(=O)OC(C)(C)C)NCC1CN2CCCC2CO1. The summed E-state index contributed by atoms with van der Waals surface area (Å²) in [6.07, 6.45) is 3.85. The third kappa shape index (κ3) is 7.61. The van der Waals surface area contributed by atoms with Crippen LogP contribution in [-0.4, -0.2) is 79.6 Å². The molecular formula is C22H43N5O3. The molecule has 0 aromatic rings. The quantitative estimate of drug-likeness (QED) is 0.409. The highest BCUT2D eigenvalue weighted by Crippen LogP contribution is 2.22. The number of morpholine rings is 1. The van der Waals surface area contributed by atoms with Gasteiger partial charge in [-0.2, -0.15) is 0 Å². The van der Waals surface area contributed by atoms with E-state index in [1.165, 1.54) is 19.4 Å². The van der Waals surface area contributed by atoms with E-state index in [2.05, 4.69) is 41.6 Å². The number of rotatable bonds is 8. The second-order valence-electron chi connectivity index (χ2n) is 9.44. The van der Waals surface area contributed by atoms with E-state index in [1.54, 1.807) is 0 Å². The molecule has 2 aliphatic rings. The number of nitrogens with one attached hydrogen (secondary N) is 3. The van der Waals surface area contributed by atoms with Crippen molar-refractivity contribution in [1.82, 2.24) is 20.9 Å². The van der Waals surface area contributed by atoms with Crippen molar-refractivity contribution in [2.75, 3.05) is 39.3 Å². The monoisotopic (exact) mass is 425 g/mol. The Bertz CT molecular complexity index is 572. The van der Waals surface area contributed by atoms with Crippen LogP contribution < -0.4 is 16.0 Å². The Balaban J connectivity index is 1.93. The zero-order chi connectivity index (χ0) is 22.2. The molecule has 1 amide bonds. The molecule has 2 aliphatic heterocycles. The molecule has 174 valence electrons. The van der Waals surface area contributed by atoms with Gasteiger partial charge >= 0.3 is 6.09 Å². The molecule has 0 aromatic heterocycles. The number of carbonyl (C=O) groups excluding carboxylic acids is 1. The molecule has 0 aliphatic carbocycles. The van der Waals surface area contributed by atoms with Crippen molar-refractivity contribution in [3.8, 4) is 0 Å². The first kappa shape index (κ1) is 24.7. The van der Waals surface area contributed by atoms with Crippen LogP contribution in [0.2, 0.25) is 0 Å². The van der Waals surface area contributed by atoms with E-state index in [1.807, 2.05) is 20.8 Å². The lowest BCUT2D eigenvalue weighted by molar-refractivity contribution is -0.0453.